The number of benzene rings is 1. The smallest absolute Gasteiger partial charge is 0.139 e. The second-order valence-corrected chi connectivity index (χ2v) is 5.79. The van der Waals surface area contributed by atoms with Gasteiger partial charge in [0.2, 0.25) is 0 Å². The Hall–Kier alpha value is -1.33. The minimum absolute atomic E-state index is 0.510. The van der Waals surface area contributed by atoms with Crippen LogP contribution in [0.1, 0.15) is 24.7 Å². The number of rotatable bonds is 4. The van der Waals surface area contributed by atoms with E-state index in [2.05, 4.69) is 38.1 Å². The summed E-state index contributed by atoms with van der Waals surface area (Å²) in [5.74, 6) is 1.99. The van der Waals surface area contributed by atoms with Gasteiger partial charge in [-0.25, -0.2) is 9.97 Å². The number of aromatic nitrogens is 2. The molecule has 2 rings (SSSR count). The van der Waals surface area contributed by atoms with Crippen molar-refractivity contribution in [1.82, 2.24) is 9.97 Å². The molecule has 0 spiro atoms. The zero-order valence-electron chi connectivity index (χ0n) is 11.4. The summed E-state index contributed by atoms with van der Waals surface area (Å²) >= 11 is 9.41. The van der Waals surface area contributed by atoms with Crippen LogP contribution in [-0.2, 0) is 6.42 Å². The monoisotopic (exact) mass is 354 g/mol. The van der Waals surface area contributed by atoms with Crippen LogP contribution >= 0.6 is 27.5 Å². The van der Waals surface area contributed by atoms with Crippen LogP contribution in [0, 0.1) is 6.92 Å². The summed E-state index contributed by atoms with van der Waals surface area (Å²) in [6.07, 6.45) is 1.79. The maximum atomic E-state index is 5.94. The maximum Gasteiger partial charge on any atom is 0.139 e. The highest BCUT2D eigenvalue weighted by Gasteiger charge is 2.10. The van der Waals surface area contributed by atoms with E-state index < -0.39 is 0 Å². The molecule has 0 saturated carbocycles. The van der Waals surface area contributed by atoms with Crippen LogP contribution in [0.5, 0.6) is 0 Å². The molecule has 20 heavy (non-hydrogen) atoms. The quantitative estimate of drug-likeness (QED) is 0.848. The highest BCUT2D eigenvalue weighted by atomic mass is 79.9. The SMILES string of the molecule is CCCc1nc(N)c(C)c(Nc2ccc(Cl)cc2Br)n1. The van der Waals surface area contributed by atoms with Crippen LogP contribution in [-0.4, -0.2) is 9.97 Å². The number of nitrogens with two attached hydrogens (primary N) is 1. The first-order valence-electron chi connectivity index (χ1n) is 6.36. The van der Waals surface area contributed by atoms with E-state index in [4.69, 9.17) is 17.3 Å². The molecule has 2 aromatic rings. The first kappa shape index (κ1) is 15.1. The number of anilines is 3. The summed E-state index contributed by atoms with van der Waals surface area (Å²) in [4.78, 5) is 8.82. The highest BCUT2D eigenvalue weighted by Crippen LogP contribution is 2.30. The van der Waals surface area contributed by atoms with E-state index in [0.29, 0.717) is 10.8 Å². The van der Waals surface area contributed by atoms with Gasteiger partial charge >= 0.3 is 0 Å². The van der Waals surface area contributed by atoms with Crippen molar-refractivity contribution in [3.63, 3.8) is 0 Å². The van der Waals surface area contributed by atoms with Crippen LogP contribution in [0.4, 0.5) is 17.3 Å². The van der Waals surface area contributed by atoms with E-state index in [1.165, 1.54) is 0 Å². The van der Waals surface area contributed by atoms with Gasteiger partial charge < -0.3 is 11.1 Å². The fourth-order valence-electron chi connectivity index (χ4n) is 1.76. The third-order valence-corrected chi connectivity index (χ3v) is 3.78. The summed E-state index contributed by atoms with van der Waals surface area (Å²) in [5.41, 5.74) is 7.67. The average molecular weight is 356 g/mol. The second kappa shape index (κ2) is 6.41. The van der Waals surface area contributed by atoms with Crippen LogP contribution < -0.4 is 11.1 Å². The zero-order chi connectivity index (χ0) is 14.7. The Morgan fingerprint density at radius 1 is 1.35 bits per heavy atom. The topological polar surface area (TPSA) is 63.8 Å². The molecule has 1 heterocycles. The number of halogens is 2. The Morgan fingerprint density at radius 3 is 2.75 bits per heavy atom. The number of hydrogen-bond acceptors (Lipinski definition) is 4. The van der Waals surface area contributed by atoms with Gasteiger partial charge in [-0.1, -0.05) is 18.5 Å². The van der Waals surface area contributed by atoms with Gasteiger partial charge in [0.25, 0.3) is 0 Å². The standard InChI is InChI=1S/C14H16BrClN4/c1-3-4-12-19-13(17)8(2)14(20-12)18-11-6-5-9(16)7-10(11)15/h5-7H,3-4H2,1-2H3,(H3,17,18,19,20). The Bertz CT molecular complexity index is 631. The predicted octanol–water partition coefficient (Wildman–Crippen LogP) is 4.48. The van der Waals surface area contributed by atoms with Gasteiger partial charge in [0.1, 0.15) is 17.5 Å². The molecule has 0 fully saturated rings. The molecule has 0 atom stereocenters. The molecule has 0 unspecified atom stereocenters. The molecular formula is C14H16BrClN4. The normalized spacial score (nSPS) is 10.6. The molecule has 3 N–H and O–H groups in total. The second-order valence-electron chi connectivity index (χ2n) is 4.50. The van der Waals surface area contributed by atoms with Gasteiger partial charge in [0.05, 0.1) is 5.69 Å². The molecule has 0 amide bonds. The largest absolute Gasteiger partial charge is 0.383 e. The summed E-state index contributed by atoms with van der Waals surface area (Å²) in [6.45, 7) is 3.99. The van der Waals surface area contributed by atoms with Crippen molar-refractivity contribution in [3.8, 4) is 0 Å². The molecule has 0 aliphatic rings. The summed E-state index contributed by atoms with van der Waals surface area (Å²) < 4.78 is 0.874. The third-order valence-electron chi connectivity index (χ3n) is 2.89. The van der Waals surface area contributed by atoms with Crippen LogP contribution in [0.3, 0.4) is 0 Å². The Labute approximate surface area is 131 Å². The fraction of sp³-hybridized carbons (Fsp3) is 0.286. The lowest BCUT2D eigenvalue weighted by Crippen LogP contribution is -2.07. The van der Waals surface area contributed by atoms with Gasteiger partial charge in [-0.05, 0) is 47.5 Å². The van der Waals surface area contributed by atoms with Gasteiger partial charge in [0.15, 0.2) is 0 Å². The predicted molar refractivity (Wildman–Crippen MR) is 87.6 cm³/mol. The van der Waals surface area contributed by atoms with E-state index >= 15 is 0 Å². The molecule has 1 aromatic carbocycles. The summed E-state index contributed by atoms with van der Waals surface area (Å²) in [6, 6.07) is 5.54. The van der Waals surface area contributed by atoms with E-state index in [1.807, 2.05) is 25.1 Å². The van der Waals surface area contributed by atoms with Gasteiger partial charge in [-0.15, -0.1) is 0 Å². The van der Waals surface area contributed by atoms with E-state index in [-0.39, 0.29) is 0 Å². The molecule has 0 aliphatic carbocycles. The molecule has 0 bridgehead atoms. The first-order valence-corrected chi connectivity index (χ1v) is 7.53. The summed E-state index contributed by atoms with van der Waals surface area (Å²) in [7, 11) is 0. The van der Waals surface area contributed by atoms with Crippen molar-refractivity contribution >= 4 is 44.9 Å². The maximum absolute atomic E-state index is 5.94. The van der Waals surface area contributed by atoms with Crippen molar-refractivity contribution in [2.75, 3.05) is 11.1 Å². The molecule has 6 heteroatoms. The van der Waals surface area contributed by atoms with Crippen molar-refractivity contribution in [2.45, 2.75) is 26.7 Å². The number of aryl methyl sites for hydroxylation is 1. The number of nitrogen functional groups attached to an aromatic ring is 1. The minimum atomic E-state index is 0.510. The number of nitrogens with one attached hydrogen (secondary N) is 1. The number of nitrogens with zero attached hydrogens (tertiary/aromatic N) is 2. The lowest BCUT2D eigenvalue weighted by atomic mass is 10.2. The lowest BCUT2D eigenvalue weighted by molar-refractivity contribution is 0.836. The molecule has 106 valence electrons. The van der Waals surface area contributed by atoms with Gasteiger partial charge in [0, 0.05) is 21.5 Å². The molecule has 4 nitrogen and oxygen atoms in total. The van der Waals surface area contributed by atoms with Crippen LogP contribution in [0.15, 0.2) is 22.7 Å². The van der Waals surface area contributed by atoms with Crippen molar-refractivity contribution in [2.24, 2.45) is 0 Å². The van der Waals surface area contributed by atoms with Crippen LogP contribution in [0.2, 0.25) is 5.02 Å². The van der Waals surface area contributed by atoms with E-state index in [0.717, 1.165) is 40.2 Å². The molecule has 1 aromatic heterocycles. The Kier molecular flexibility index (Phi) is 4.83. The lowest BCUT2D eigenvalue weighted by Gasteiger charge is -2.13. The Morgan fingerprint density at radius 2 is 2.10 bits per heavy atom. The van der Waals surface area contributed by atoms with Crippen molar-refractivity contribution < 1.29 is 0 Å². The van der Waals surface area contributed by atoms with Gasteiger partial charge in [-0.3, -0.25) is 0 Å². The first-order chi connectivity index (χ1) is 9.51. The number of hydrogen-bond donors (Lipinski definition) is 2. The van der Waals surface area contributed by atoms with Crippen LogP contribution in [0.25, 0.3) is 0 Å². The molecule has 0 aliphatic heterocycles. The molecule has 0 radical (unpaired) electrons. The molecule has 0 saturated heterocycles. The zero-order valence-corrected chi connectivity index (χ0v) is 13.7. The van der Waals surface area contributed by atoms with Crippen molar-refractivity contribution in [3.05, 3.63) is 39.1 Å². The van der Waals surface area contributed by atoms with Gasteiger partial charge in [-0.2, -0.15) is 0 Å². The van der Waals surface area contributed by atoms with Crippen molar-refractivity contribution in [1.29, 1.82) is 0 Å². The highest BCUT2D eigenvalue weighted by molar-refractivity contribution is 9.10. The van der Waals surface area contributed by atoms with E-state index in [1.54, 1.807) is 0 Å². The third kappa shape index (κ3) is 3.41. The Balaban J connectivity index is 2.37. The molecular weight excluding hydrogens is 340 g/mol. The average Bonchev–Trinajstić information content (AvgIpc) is 2.39. The summed E-state index contributed by atoms with van der Waals surface area (Å²) in [5, 5.41) is 3.94. The fourth-order valence-corrected chi connectivity index (χ4v) is 2.54. The van der Waals surface area contributed by atoms with E-state index in [9.17, 15) is 0 Å². The minimum Gasteiger partial charge on any atom is -0.383 e.